The summed E-state index contributed by atoms with van der Waals surface area (Å²) in [5.41, 5.74) is 5.32. The second-order valence-electron chi connectivity index (χ2n) is 3.64. The van der Waals surface area contributed by atoms with Crippen molar-refractivity contribution in [3.63, 3.8) is 0 Å². The molecule has 6 nitrogen and oxygen atoms in total. The Labute approximate surface area is 104 Å². The van der Waals surface area contributed by atoms with Crippen LogP contribution in [0.4, 0.5) is 0 Å². The van der Waals surface area contributed by atoms with E-state index in [1.165, 1.54) is 24.3 Å². The van der Waals surface area contributed by atoms with Crippen LogP contribution in [0.25, 0.3) is 0 Å². The highest BCUT2D eigenvalue weighted by molar-refractivity contribution is 5.89. The van der Waals surface area contributed by atoms with Gasteiger partial charge in [0.25, 0.3) is 0 Å². The third kappa shape index (κ3) is 3.28. The van der Waals surface area contributed by atoms with Crippen LogP contribution in [0.15, 0.2) is 24.3 Å². The van der Waals surface area contributed by atoms with E-state index < -0.39 is 24.1 Å². The number of esters is 1. The smallest absolute Gasteiger partial charge is 0.338 e. The van der Waals surface area contributed by atoms with E-state index in [-0.39, 0.29) is 17.7 Å². The number of carbonyl (C=O) groups excluding carboxylic acids is 2. The molecule has 0 fully saturated rings. The van der Waals surface area contributed by atoms with Crippen LogP contribution >= 0.6 is 0 Å². The van der Waals surface area contributed by atoms with Gasteiger partial charge in [-0.15, -0.1) is 0 Å². The predicted molar refractivity (Wildman–Crippen MR) is 62.6 cm³/mol. The lowest BCUT2D eigenvalue weighted by Gasteiger charge is -2.15. The summed E-state index contributed by atoms with van der Waals surface area (Å²) in [6.45, 7) is 1.91. The number of amides is 1. The van der Waals surface area contributed by atoms with Gasteiger partial charge in [-0.1, -0.05) is 12.1 Å². The van der Waals surface area contributed by atoms with Crippen molar-refractivity contribution in [2.75, 3.05) is 6.61 Å². The number of carbonyl (C=O) groups is 2. The summed E-state index contributed by atoms with van der Waals surface area (Å²) < 4.78 is 4.80. The molecule has 0 spiro atoms. The minimum Gasteiger partial charge on any atom is -0.462 e. The third-order valence-corrected chi connectivity index (χ3v) is 2.33. The summed E-state index contributed by atoms with van der Waals surface area (Å²) in [7, 11) is 0. The Morgan fingerprint density at radius 1 is 1.39 bits per heavy atom. The van der Waals surface area contributed by atoms with Gasteiger partial charge in [0.2, 0.25) is 5.91 Å². The van der Waals surface area contributed by atoms with Crippen LogP contribution in [0, 0.1) is 0 Å². The topological polar surface area (TPSA) is 110 Å². The standard InChI is InChI=1S/C12H15NO5/c1-2-18-12(17)8-5-3-4-7(6-8)9(14)10(15)11(13)16/h3-6,9-10,14-15H,2H2,1H3,(H2,13,16). The van der Waals surface area contributed by atoms with Gasteiger partial charge in [-0.2, -0.15) is 0 Å². The van der Waals surface area contributed by atoms with E-state index in [4.69, 9.17) is 10.5 Å². The number of aliphatic hydroxyl groups excluding tert-OH is 2. The maximum atomic E-state index is 11.5. The van der Waals surface area contributed by atoms with E-state index in [0.717, 1.165) is 0 Å². The number of ether oxygens (including phenoxy) is 1. The molecule has 6 heteroatoms. The van der Waals surface area contributed by atoms with Crippen molar-refractivity contribution < 1.29 is 24.5 Å². The molecule has 4 N–H and O–H groups in total. The zero-order chi connectivity index (χ0) is 13.7. The molecule has 0 aliphatic carbocycles. The zero-order valence-corrected chi connectivity index (χ0v) is 9.87. The Hall–Kier alpha value is -1.92. The van der Waals surface area contributed by atoms with Gasteiger partial charge in [0, 0.05) is 0 Å². The Balaban J connectivity index is 2.94. The molecule has 0 heterocycles. The predicted octanol–water partition coefficient (Wildman–Crippen LogP) is -0.257. The molecule has 98 valence electrons. The minimum atomic E-state index is -1.72. The molecule has 0 bridgehead atoms. The number of nitrogens with two attached hydrogens (primary N) is 1. The molecule has 0 saturated heterocycles. The second-order valence-corrected chi connectivity index (χ2v) is 3.64. The van der Waals surface area contributed by atoms with Crippen molar-refractivity contribution in [2.45, 2.75) is 19.1 Å². The molecule has 1 rings (SSSR count). The van der Waals surface area contributed by atoms with Gasteiger partial charge in [-0.05, 0) is 24.6 Å². The molecule has 0 aromatic heterocycles. The lowest BCUT2D eigenvalue weighted by atomic mass is 10.0. The molecule has 2 unspecified atom stereocenters. The summed E-state index contributed by atoms with van der Waals surface area (Å²) in [4.78, 5) is 22.2. The lowest BCUT2D eigenvalue weighted by molar-refractivity contribution is -0.131. The van der Waals surface area contributed by atoms with Crippen molar-refractivity contribution in [3.8, 4) is 0 Å². The van der Waals surface area contributed by atoms with Gasteiger partial charge in [0.15, 0.2) is 6.10 Å². The average Bonchev–Trinajstić information content (AvgIpc) is 2.37. The highest BCUT2D eigenvalue weighted by atomic mass is 16.5. The first kappa shape index (κ1) is 14.1. The zero-order valence-electron chi connectivity index (χ0n) is 9.87. The average molecular weight is 253 g/mol. The number of hydrogen-bond acceptors (Lipinski definition) is 5. The lowest BCUT2D eigenvalue weighted by Crippen LogP contribution is -2.33. The Kier molecular flexibility index (Phi) is 4.82. The van der Waals surface area contributed by atoms with Gasteiger partial charge < -0.3 is 20.7 Å². The number of rotatable bonds is 5. The van der Waals surface area contributed by atoms with Crippen molar-refractivity contribution in [1.29, 1.82) is 0 Å². The number of aliphatic hydroxyl groups is 2. The molecule has 1 aromatic rings. The quantitative estimate of drug-likeness (QED) is 0.626. The van der Waals surface area contributed by atoms with Crippen LogP contribution in [0.1, 0.15) is 28.9 Å². The first-order valence-corrected chi connectivity index (χ1v) is 5.40. The van der Waals surface area contributed by atoms with Crippen molar-refractivity contribution in [3.05, 3.63) is 35.4 Å². The maximum Gasteiger partial charge on any atom is 0.338 e. The summed E-state index contributed by atoms with van der Waals surface area (Å²) in [5.74, 6) is -1.58. The number of benzene rings is 1. The molecule has 1 amide bonds. The molecule has 0 aliphatic rings. The first-order chi connectivity index (χ1) is 8.47. The minimum absolute atomic E-state index is 0.215. The van der Waals surface area contributed by atoms with Crippen LogP contribution in [0.2, 0.25) is 0 Å². The SMILES string of the molecule is CCOC(=O)c1cccc(C(O)C(O)C(N)=O)c1. The maximum absolute atomic E-state index is 11.5. The number of primary amides is 1. The van der Waals surface area contributed by atoms with Gasteiger partial charge in [-0.3, -0.25) is 4.79 Å². The van der Waals surface area contributed by atoms with Crippen LogP contribution in [-0.4, -0.2) is 34.8 Å². The first-order valence-electron chi connectivity index (χ1n) is 5.40. The largest absolute Gasteiger partial charge is 0.462 e. The van der Waals surface area contributed by atoms with E-state index in [9.17, 15) is 19.8 Å². The van der Waals surface area contributed by atoms with Crippen LogP contribution in [0.3, 0.4) is 0 Å². The molecular weight excluding hydrogens is 238 g/mol. The van der Waals surface area contributed by atoms with E-state index in [1.807, 2.05) is 0 Å². The van der Waals surface area contributed by atoms with Gasteiger partial charge in [0.1, 0.15) is 6.10 Å². The van der Waals surface area contributed by atoms with Crippen molar-refractivity contribution >= 4 is 11.9 Å². The molecule has 0 radical (unpaired) electrons. The van der Waals surface area contributed by atoms with E-state index in [1.54, 1.807) is 6.92 Å². The van der Waals surface area contributed by atoms with E-state index in [0.29, 0.717) is 0 Å². The summed E-state index contributed by atoms with van der Waals surface area (Å²) in [6.07, 6.45) is -3.20. The van der Waals surface area contributed by atoms with Crippen molar-refractivity contribution in [2.24, 2.45) is 5.73 Å². The summed E-state index contributed by atoms with van der Waals surface area (Å²) in [6, 6.07) is 5.83. The molecule has 2 atom stereocenters. The summed E-state index contributed by atoms with van der Waals surface area (Å²) in [5, 5.41) is 19.0. The monoisotopic (exact) mass is 253 g/mol. The fourth-order valence-corrected chi connectivity index (χ4v) is 1.40. The molecule has 18 heavy (non-hydrogen) atoms. The van der Waals surface area contributed by atoms with Crippen LogP contribution in [0.5, 0.6) is 0 Å². The Morgan fingerprint density at radius 2 is 2.06 bits per heavy atom. The Bertz CT molecular complexity index is 446. The summed E-state index contributed by atoms with van der Waals surface area (Å²) >= 11 is 0. The van der Waals surface area contributed by atoms with E-state index in [2.05, 4.69) is 0 Å². The normalized spacial score (nSPS) is 13.7. The Morgan fingerprint density at radius 3 is 2.61 bits per heavy atom. The van der Waals surface area contributed by atoms with Gasteiger partial charge in [-0.25, -0.2) is 4.79 Å². The molecular formula is C12H15NO5. The van der Waals surface area contributed by atoms with Gasteiger partial charge >= 0.3 is 5.97 Å². The van der Waals surface area contributed by atoms with E-state index >= 15 is 0 Å². The van der Waals surface area contributed by atoms with Gasteiger partial charge in [0.05, 0.1) is 12.2 Å². The second kappa shape index (κ2) is 6.13. The number of hydrogen-bond donors (Lipinski definition) is 3. The highest BCUT2D eigenvalue weighted by Crippen LogP contribution is 2.18. The van der Waals surface area contributed by atoms with Crippen molar-refractivity contribution in [1.82, 2.24) is 0 Å². The molecule has 1 aromatic carbocycles. The fraction of sp³-hybridized carbons (Fsp3) is 0.333. The molecule has 0 saturated carbocycles. The third-order valence-electron chi connectivity index (χ3n) is 2.33. The van der Waals surface area contributed by atoms with Crippen LogP contribution in [-0.2, 0) is 9.53 Å². The fourth-order valence-electron chi connectivity index (χ4n) is 1.40. The van der Waals surface area contributed by atoms with Crippen LogP contribution < -0.4 is 5.73 Å². The highest BCUT2D eigenvalue weighted by Gasteiger charge is 2.24. The molecule has 0 aliphatic heterocycles.